The van der Waals surface area contributed by atoms with E-state index in [9.17, 15) is 8.78 Å². The molecule has 0 saturated heterocycles. The van der Waals surface area contributed by atoms with Gasteiger partial charge in [-0.15, -0.1) is 0 Å². The smallest absolute Gasteiger partial charge is 0.162 e. The molecule has 1 unspecified atom stereocenters. The van der Waals surface area contributed by atoms with Crippen LogP contribution in [0.25, 0.3) is 0 Å². The van der Waals surface area contributed by atoms with Crippen molar-refractivity contribution in [3.05, 3.63) is 29.3 Å². The number of hydrogen-bond acceptors (Lipinski definition) is 1. The van der Waals surface area contributed by atoms with Gasteiger partial charge in [0.05, 0.1) is 0 Å². The third-order valence-electron chi connectivity index (χ3n) is 5.19. The Morgan fingerprint density at radius 2 is 1.76 bits per heavy atom. The minimum Gasteiger partial charge on any atom is -0.490 e. The summed E-state index contributed by atoms with van der Waals surface area (Å²) in [4.78, 5) is 0. The summed E-state index contributed by atoms with van der Waals surface area (Å²) in [5.74, 6) is 0.450. The van der Waals surface area contributed by atoms with Crippen LogP contribution in [0.2, 0.25) is 0 Å². The Morgan fingerprint density at radius 3 is 2.48 bits per heavy atom. The second-order valence-corrected chi connectivity index (χ2v) is 6.64. The van der Waals surface area contributed by atoms with Crippen molar-refractivity contribution in [1.82, 2.24) is 0 Å². The Bertz CT molecular complexity index is 492. The number of aryl methyl sites for hydroxylation is 1. The molecule has 21 heavy (non-hydrogen) atoms. The quantitative estimate of drug-likeness (QED) is 0.738. The van der Waals surface area contributed by atoms with Gasteiger partial charge in [-0.1, -0.05) is 32.6 Å². The van der Waals surface area contributed by atoms with Gasteiger partial charge < -0.3 is 4.74 Å². The maximum absolute atomic E-state index is 13.4. The molecule has 1 aliphatic carbocycles. The highest BCUT2D eigenvalue weighted by Gasteiger charge is 2.31. The van der Waals surface area contributed by atoms with Gasteiger partial charge in [0.2, 0.25) is 0 Å². The van der Waals surface area contributed by atoms with Crippen LogP contribution in [-0.4, -0.2) is 6.10 Å². The molecule has 2 aliphatic rings. The van der Waals surface area contributed by atoms with Crippen molar-refractivity contribution >= 4 is 0 Å². The van der Waals surface area contributed by atoms with Gasteiger partial charge in [-0.3, -0.25) is 0 Å². The predicted octanol–water partition coefficient (Wildman–Crippen LogP) is 5.26. The Balaban J connectivity index is 1.63. The molecule has 1 atom stereocenters. The molecule has 0 amide bonds. The average Bonchev–Trinajstić information content (AvgIpc) is 2.49. The van der Waals surface area contributed by atoms with Crippen LogP contribution in [0.15, 0.2) is 12.1 Å². The molecule has 116 valence electrons. The predicted molar refractivity (Wildman–Crippen MR) is 79.5 cm³/mol. The molecule has 0 spiro atoms. The van der Waals surface area contributed by atoms with Crippen LogP contribution in [-0.2, 0) is 6.42 Å². The molecule has 1 aliphatic heterocycles. The van der Waals surface area contributed by atoms with Crippen molar-refractivity contribution in [2.75, 3.05) is 0 Å². The molecular weight excluding hydrogens is 270 g/mol. The number of rotatable bonds is 3. The molecule has 1 aromatic carbocycles. The van der Waals surface area contributed by atoms with Gasteiger partial charge in [0, 0.05) is 6.07 Å². The number of benzene rings is 1. The molecule has 0 bridgehead atoms. The third kappa shape index (κ3) is 3.22. The summed E-state index contributed by atoms with van der Waals surface area (Å²) in [7, 11) is 0. The molecule has 0 radical (unpaired) electrons. The van der Waals surface area contributed by atoms with Crippen molar-refractivity contribution in [3.63, 3.8) is 0 Å². The summed E-state index contributed by atoms with van der Waals surface area (Å²) in [5.41, 5.74) is 0.810. The first-order chi connectivity index (χ1) is 10.2. The first kappa shape index (κ1) is 14.8. The summed E-state index contributed by atoms with van der Waals surface area (Å²) in [5, 5.41) is 0. The zero-order valence-corrected chi connectivity index (χ0v) is 12.7. The van der Waals surface area contributed by atoms with E-state index < -0.39 is 11.6 Å². The third-order valence-corrected chi connectivity index (χ3v) is 5.19. The van der Waals surface area contributed by atoms with Crippen LogP contribution in [0, 0.1) is 23.5 Å². The van der Waals surface area contributed by atoms with E-state index in [1.54, 1.807) is 0 Å². The number of ether oxygens (including phenoxy) is 1. The van der Waals surface area contributed by atoms with Crippen molar-refractivity contribution in [2.24, 2.45) is 11.8 Å². The highest BCUT2D eigenvalue weighted by atomic mass is 19.2. The number of fused-ring (bicyclic) bond motifs is 1. The fraction of sp³-hybridized carbons (Fsp3) is 0.667. The molecule has 3 rings (SSSR count). The summed E-state index contributed by atoms with van der Waals surface area (Å²) < 4.78 is 32.6. The highest BCUT2D eigenvalue weighted by Crippen LogP contribution is 2.39. The largest absolute Gasteiger partial charge is 0.490 e. The van der Waals surface area contributed by atoms with E-state index in [4.69, 9.17) is 4.74 Å². The van der Waals surface area contributed by atoms with Crippen LogP contribution in [0.1, 0.15) is 57.4 Å². The van der Waals surface area contributed by atoms with E-state index in [-0.39, 0.29) is 6.10 Å². The summed E-state index contributed by atoms with van der Waals surface area (Å²) >= 11 is 0. The van der Waals surface area contributed by atoms with Gasteiger partial charge >= 0.3 is 0 Å². The molecule has 1 heterocycles. The van der Waals surface area contributed by atoms with Crippen LogP contribution in [0.5, 0.6) is 5.75 Å². The maximum Gasteiger partial charge on any atom is 0.162 e. The van der Waals surface area contributed by atoms with Crippen molar-refractivity contribution in [3.8, 4) is 5.75 Å². The van der Waals surface area contributed by atoms with E-state index in [1.807, 2.05) is 0 Å². The molecular formula is C18H24F2O. The topological polar surface area (TPSA) is 9.23 Å². The van der Waals surface area contributed by atoms with Crippen LogP contribution in [0.4, 0.5) is 8.78 Å². The van der Waals surface area contributed by atoms with Crippen molar-refractivity contribution in [1.29, 1.82) is 0 Å². The lowest BCUT2D eigenvalue weighted by Crippen LogP contribution is -2.33. The van der Waals surface area contributed by atoms with Crippen LogP contribution < -0.4 is 4.74 Å². The van der Waals surface area contributed by atoms with Crippen LogP contribution >= 0.6 is 0 Å². The van der Waals surface area contributed by atoms with E-state index in [1.165, 1.54) is 50.7 Å². The summed E-state index contributed by atoms with van der Waals surface area (Å²) in [6.07, 6.45) is 9.55. The second kappa shape index (κ2) is 6.33. The van der Waals surface area contributed by atoms with Gasteiger partial charge in [-0.05, 0) is 49.1 Å². The number of hydrogen-bond donors (Lipinski definition) is 0. The van der Waals surface area contributed by atoms with Crippen molar-refractivity contribution in [2.45, 2.75) is 64.4 Å². The zero-order chi connectivity index (χ0) is 14.8. The molecule has 1 saturated carbocycles. The highest BCUT2D eigenvalue weighted by molar-refractivity contribution is 5.36. The Hall–Kier alpha value is -1.12. The lowest BCUT2D eigenvalue weighted by Gasteiger charge is -2.36. The van der Waals surface area contributed by atoms with Gasteiger partial charge in [0.1, 0.15) is 11.9 Å². The lowest BCUT2D eigenvalue weighted by atomic mass is 9.76. The monoisotopic (exact) mass is 294 g/mol. The summed E-state index contributed by atoms with van der Waals surface area (Å²) in [6, 6.07) is 2.51. The first-order valence-corrected chi connectivity index (χ1v) is 8.32. The zero-order valence-electron chi connectivity index (χ0n) is 12.7. The van der Waals surface area contributed by atoms with Gasteiger partial charge in [-0.25, -0.2) is 8.78 Å². The SMILES string of the molecule is CCCC1CCC(C2CCc3cc(F)c(F)cc3O2)CC1. The van der Waals surface area contributed by atoms with Crippen LogP contribution in [0.3, 0.4) is 0 Å². The number of halogens is 2. The molecule has 3 heteroatoms. The minimum absolute atomic E-state index is 0.185. The summed E-state index contributed by atoms with van der Waals surface area (Å²) in [6.45, 7) is 2.25. The fourth-order valence-corrected chi connectivity index (χ4v) is 3.98. The van der Waals surface area contributed by atoms with E-state index in [0.717, 1.165) is 24.3 Å². The van der Waals surface area contributed by atoms with E-state index in [2.05, 4.69) is 6.92 Å². The Labute approximate surface area is 125 Å². The molecule has 1 fully saturated rings. The van der Waals surface area contributed by atoms with E-state index in [0.29, 0.717) is 11.7 Å². The average molecular weight is 294 g/mol. The fourth-order valence-electron chi connectivity index (χ4n) is 3.98. The normalized spacial score (nSPS) is 28.8. The molecule has 0 N–H and O–H groups in total. The Morgan fingerprint density at radius 1 is 1.05 bits per heavy atom. The molecule has 1 aromatic rings. The van der Waals surface area contributed by atoms with Gasteiger partial charge in [0.25, 0.3) is 0 Å². The Kier molecular flexibility index (Phi) is 4.46. The lowest BCUT2D eigenvalue weighted by molar-refractivity contribution is 0.0752. The van der Waals surface area contributed by atoms with Gasteiger partial charge in [-0.2, -0.15) is 0 Å². The minimum atomic E-state index is -0.805. The first-order valence-electron chi connectivity index (χ1n) is 8.32. The molecule has 1 nitrogen and oxygen atoms in total. The molecule has 0 aromatic heterocycles. The standard InChI is InChI=1S/C18H24F2O/c1-2-3-12-4-6-13(7-5-12)17-9-8-14-10-15(19)16(20)11-18(14)21-17/h10-13,17H,2-9H2,1H3. The van der Waals surface area contributed by atoms with E-state index >= 15 is 0 Å². The maximum atomic E-state index is 13.4. The van der Waals surface area contributed by atoms with Gasteiger partial charge in [0.15, 0.2) is 11.6 Å². The van der Waals surface area contributed by atoms with Crippen molar-refractivity contribution < 1.29 is 13.5 Å². The second-order valence-electron chi connectivity index (χ2n) is 6.64.